The topological polar surface area (TPSA) is 136 Å². The summed E-state index contributed by atoms with van der Waals surface area (Å²) in [5.74, 6) is 0.369. The molecule has 1 N–H and O–H groups in total. The number of amides is 1. The summed E-state index contributed by atoms with van der Waals surface area (Å²) in [6.45, 7) is 15.5. The molecular weight excluding hydrogens is 677 g/mol. The van der Waals surface area contributed by atoms with Crippen LogP contribution in [0.25, 0.3) is 11.3 Å². The van der Waals surface area contributed by atoms with Crippen LogP contribution in [0.15, 0.2) is 65.8 Å². The molecule has 2 aromatic heterocycles. The molecule has 0 saturated heterocycles. The molecule has 11 nitrogen and oxygen atoms in total. The predicted molar refractivity (Wildman–Crippen MR) is 201 cm³/mol. The molecule has 6 rings (SSSR count). The Labute approximate surface area is 307 Å². The van der Waals surface area contributed by atoms with Gasteiger partial charge in [0.1, 0.15) is 6.61 Å². The standard InChI is InChI=1S/C40H50N6O5S/c1-25(2)50-23-29-14-15-33(29)35-21-41-20-30(42-35)22-46-31(16-17-40(5,6)7)24-51-36-19-34(37-26(3)10-8-11-27(37)4)43-39(44-36)45-52(48,49)32-13-9-12-28(18-32)38(46)47/h8-13,18-21,25,29,31,33H,14-17,22-24H2,1-7H3,(H,43,44,45)/t29-,31+,33?/m0/s1. The van der Waals surface area contributed by atoms with Crippen molar-refractivity contribution in [3.05, 3.63) is 89.0 Å². The van der Waals surface area contributed by atoms with E-state index in [1.807, 2.05) is 52.1 Å². The van der Waals surface area contributed by atoms with Crippen molar-refractivity contribution in [3.8, 4) is 17.1 Å². The molecule has 2 aliphatic rings. The number of aryl methyl sites for hydroxylation is 2. The van der Waals surface area contributed by atoms with Crippen molar-refractivity contribution in [3.63, 3.8) is 0 Å². The van der Waals surface area contributed by atoms with Crippen LogP contribution in [0.1, 0.15) is 99.1 Å². The molecule has 1 aliphatic carbocycles. The SMILES string of the molecule is Cc1cccc(C)c1-c1cc2nc(n1)NS(=O)(=O)c1cccc(c1)C(=O)N(Cc1cncc(C3CC[C@H]3COC(C)C)n1)[C@H](CCC(C)(C)C)CO2. The van der Waals surface area contributed by atoms with Crippen LogP contribution in [0.2, 0.25) is 0 Å². The Morgan fingerprint density at radius 2 is 1.75 bits per heavy atom. The van der Waals surface area contributed by atoms with Gasteiger partial charge < -0.3 is 14.4 Å². The maximum Gasteiger partial charge on any atom is 0.264 e. The highest BCUT2D eigenvalue weighted by atomic mass is 32.2. The maximum absolute atomic E-state index is 14.6. The lowest BCUT2D eigenvalue weighted by Crippen LogP contribution is -2.44. The van der Waals surface area contributed by atoms with E-state index in [4.69, 9.17) is 14.5 Å². The highest BCUT2D eigenvalue weighted by Gasteiger charge is 2.35. The van der Waals surface area contributed by atoms with Crippen molar-refractivity contribution in [2.24, 2.45) is 11.3 Å². The van der Waals surface area contributed by atoms with Crippen LogP contribution in [0.3, 0.4) is 0 Å². The lowest BCUT2D eigenvalue weighted by Gasteiger charge is -2.37. The van der Waals surface area contributed by atoms with Gasteiger partial charge in [0.05, 0.1) is 53.5 Å². The number of nitrogens with one attached hydrogen (secondary N) is 1. The molecule has 1 unspecified atom stereocenters. The van der Waals surface area contributed by atoms with Crippen molar-refractivity contribution >= 4 is 21.9 Å². The number of benzene rings is 2. The average molecular weight is 727 g/mol. The van der Waals surface area contributed by atoms with E-state index in [1.165, 1.54) is 12.1 Å². The number of carbonyl (C=O) groups excluding carboxylic acids is 1. The Hall–Kier alpha value is -4.42. The fraction of sp³-hybridized carbons (Fsp3) is 0.475. The number of hydrogen-bond donors (Lipinski definition) is 1. The largest absolute Gasteiger partial charge is 0.475 e. The molecule has 3 atom stereocenters. The number of anilines is 1. The summed E-state index contributed by atoms with van der Waals surface area (Å²) < 4.78 is 42.5. The van der Waals surface area contributed by atoms with Gasteiger partial charge in [0.25, 0.3) is 15.9 Å². The van der Waals surface area contributed by atoms with Gasteiger partial charge in [-0.2, -0.15) is 4.98 Å². The zero-order chi connectivity index (χ0) is 37.2. The number of aromatic nitrogens is 4. The number of rotatable bonds is 9. The molecule has 4 aromatic rings. The zero-order valence-electron chi connectivity index (χ0n) is 31.2. The summed E-state index contributed by atoms with van der Waals surface area (Å²) in [4.78, 5) is 35.0. The van der Waals surface area contributed by atoms with E-state index in [2.05, 4.69) is 40.4 Å². The van der Waals surface area contributed by atoms with Gasteiger partial charge in [-0.1, -0.05) is 45.0 Å². The smallest absolute Gasteiger partial charge is 0.264 e. The molecule has 12 heteroatoms. The predicted octanol–water partition coefficient (Wildman–Crippen LogP) is 7.50. The van der Waals surface area contributed by atoms with Crippen LogP contribution in [0.5, 0.6) is 5.88 Å². The molecule has 3 heterocycles. The Kier molecular flexibility index (Phi) is 11.0. The summed E-state index contributed by atoms with van der Waals surface area (Å²) >= 11 is 0. The van der Waals surface area contributed by atoms with Crippen LogP contribution in [0.4, 0.5) is 5.95 Å². The van der Waals surface area contributed by atoms with Crippen molar-refractivity contribution in [1.29, 1.82) is 0 Å². The van der Waals surface area contributed by atoms with Crippen molar-refractivity contribution in [1.82, 2.24) is 24.8 Å². The van der Waals surface area contributed by atoms with E-state index in [0.29, 0.717) is 30.3 Å². The van der Waals surface area contributed by atoms with Crippen molar-refractivity contribution < 1.29 is 22.7 Å². The molecule has 276 valence electrons. The Morgan fingerprint density at radius 3 is 2.44 bits per heavy atom. The second-order valence-electron chi connectivity index (χ2n) is 15.6. The van der Waals surface area contributed by atoms with Gasteiger partial charge in [-0.3, -0.25) is 14.8 Å². The number of fused-ring (bicyclic) bond motifs is 4. The van der Waals surface area contributed by atoms with E-state index in [9.17, 15) is 13.2 Å². The number of sulfonamides is 1. The highest BCUT2D eigenvalue weighted by Crippen LogP contribution is 2.42. The molecule has 0 spiro atoms. The van der Waals surface area contributed by atoms with E-state index in [-0.39, 0.29) is 58.8 Å². The summed E-state index contributed by atoms with van der Waals surface area (Å²) in [6.07, 6.45) is 7.19. The third-order valence-corrected chi connectivity index (χ3v) is 11.2. The lowest BCUT2D eigenvalue weighted by atomic mass is 9.72. The Balaban J connectivity index is 1.42. The Bertz CT molecular complexity index is 2010. The third kappa shape index (κ3) is 8.78. The maximum atomic E-state index is 14.6. The molecule has 0 radical (unpaired) electrons. The molecule has 1 saturated carbocycles. The minimum absolute atomic E-state index is 0.0254. The van der Waals surface area contributed by atoms with Crippen LogP contribution in [0, 0.1) is 25.2 Å². The minimum atomic E-state index is -4.18. The van der Waals surface area contributed by atoms with E-state index >= 15 is 0 Å². The summed E-state index contributed by atoms with van der Waals surface area (Å²) in [5, 5.41) is 0. The number of hydrogen-bond acceptors (Lipinski definition) is 9. The zero-order valence-corrected chi connectivity index (χ0v) is 32.0. The van der Waals surface area contributed by atoms with Gasteiger partial charge in [-0.25, -0.2) is 18.1 Å². The van der Waals surface area contributed by atoms with Crippen molar-refractivity contribution in [2.45, 2.75) is 104 Å². The first-order valence-corrected chi connectivity index (χ1v) is 19.6. The molecule has 1 amide bonds. The molecular formula is C40H50N6O5S. The van der Waals surface area contributed by atoms with Crippen LogP contribution in [-0.4, -0.2) is 64.5 Å². The number of ether oxygens (including phenoxy) is 2. The van der Waals surface area contributed by atoms with E-state index < -0.39 is 16.1 Å². The van der Waals surface area contributed by atoms with E-state index in [0.717, 1.165) is 41.6 Å². The van der Waals surface area contributed by atoms with Gasteiger partial charge in [0.2, 0.25) is 11.8 Å². The third-order valence-electron chi connectivity index (χ3n) is 9.89. The summed E-state index contributed by atoms with van der Waals surface area (Å²) in [7, 11) is -4.18. The molecule has 1 fully saturated rings. The van der Waals surface area contributed by atoms with Crippen LogP contribution in [-0.2, 0) is 21.3 Å². The van der Waals surface area contributed by atoms with E-state index in [1.54, 1.807) is 29.3 Å². The van der Waals surface area contributed by atoms with Crippen molar-refractivity contribution in [2.75, 3.05) is 17.9 Å². The molecule has 4 bridgehead atoms. The second-order valence-corrected chi connectivity index (χ2v) is 17.3. The van der Waals surface area contributed by atoms with Gasteiger partial charge >= 0.3 is 0 Å². The van der Waals surface area contributed by atoms with Crippen LogP contribution < -0.4 is 9.46 Å². The monoisotopic (exact) mass is 726 g/mol. The molecule has 2 aromatic carbocycles. The number of nitrogens with zero attached hydrogens (tertiary/aromatic N) is 5. The fourth-order valence-corrected chi connectivity index (χ4v) is 7.83. The normalized spacial score (nSPS) is 20.2. The van der Waals surface area contributed by atoms with Gasteiger partial charge in [-0.05, 0) is 94.0 Å². The van der Waals surface area contributed by atoms with Gasteiger partial charge in [0.15, 0.2) is 0 Å². The Morgan fingerprint density at radius 1 is 1.00 bits per heavy atom. The average Bonchev–Trinajstić information content (AvgIpc) is 3.06. The number of carbonyl (C=O) groups is 1. The first-order valence-electron chi connectivity index (χ1n) is 18.1. The fourth-order valence-electron chi connectivity index (χ4n) is 6.84. The van der Waals surface area contributed by atoms with Gasteiger partial charge in [-0.15, -0.1) is 0 Å². The lowest BCUT2D eigenvalue weighted by molar-refractivity contribution is 0.0187. The first-order chi connectivity index (χ1) is 24.7. The summed E-state index contributed by atoms with van der Waals surface area (Å²) in [5.41, 5.74) is 5.11. The summed E-state index contributed by atoms with van der Waals surface area (Å²) in [6, 6.07) is 13.3. The van der Waals surface area contributed by atoms with Gasteiger partial charge in [0, 0.05) is 29.3 Å². The van der Waals surface area contributed by atoms with Crippen LogP contribution >= 0.6 is 0 Å². The minimum Gasteiger partial charge on any atom is -0.475 e. The first kappa shape index (κ1) is 37.3. The molecule has 1 aliphatic heterocycles. The molecule has 52 heavy (non-hydrogen) atoms. The highest BCUT2D eigenvalue weighted by molar-refractivity contribution is 7.92. The quantitative estimate of drug-likeness (QED) is 0.186. The second kappa shape index (κ2) is 15.3.